The van der Waals surface area contributed by atoms with Crippen LogP contribution in [-0.4, -0.2) is 18.9 Å². The van der Waals surface area contributed by atoms with E-state index >= 15 is 0 Å². The van der Waals surface area contributed by atoms with E-state index in [4.69, 9.17) is 4.74 Å². The largest absolute Gasteiger partial charge is 0.496 e. The molecule has 0 saturated heterocycles. The Morgan fingerprint density at radius 1 is 0.913 bits per heavy atom. The van der Waals surface area contributed by atoms with Gasteiger partial charge in [0.2, 0.25) is 5.91 Å². The Balaban J connectivity index is 2.31. The van der Waals surface area contributed by atoms with Crippen molar-refractivity contribution in [2.45, 2.75) is 20.8 Å². The molecular formula is C18H20N2O3. The van der Waals surface area contributed by atoms with E-state index < -0.39 is 0 Å². The van der Waals surface area contributed by atoms with Gasteiger partial charge >= 0.3 is 0 Å². The quantitative estimate of drug-likeness (QED) is 0.907. The molecular weight excluding hydrogens is 292 g/mol. The van der Waals surface area contributed by atoms with Crippen molar-refractivity contribution < 1.29 is 14.3 Å². The molecule has 0 radical (unpaired) electrons. The molecule has 0 spiro atoms. The maximum Gasteiger partial charge on any atom is 0.259 e. The fourth-order valence-corrected chi connectivity index (χ4v) is 2.41. The van der Waals surface area contributed by atoms with Crippen molar-refractivity contribution in [2.24, 2.45) is 0 Å². The Kier molecular flexibility index (Phi) is 5.01. The standard InChI is InChI=1S/C18H20N2O3/c1-11-7-12(2)9-15(8-11)20-18(22)16-10-14(19-13(3)21)5-6-17(16)23-4/h5-10H,1-4H3,(H,19,21)(H,20,22). The first-order valence-corrected chi connectivity index (χ1v) is 7.24. The van der Waals surface area contributed by atoms with Gasteiger partial charge in [0.05, 0.1) is 12.7 Å². The summed E-state index contributed by atoms with van der Waals surface area (Å²) in [7, 11) is 1.50. The molecule has 0 unspecified atom stereocenters. The molecule has 2 amide bonds. The van der Waals surface area contributed by atoms with E-state index in [9.17, 15) is 9.59 Å². The van der Waals surface area contributed by atoms with Crippen molar-refractivity contribution in [3.05, 3.63) is 53.1 Å². The lowest BCUT2D eigenvalue weighted by atomic mass is 10.1. The van der Waals surface area contributed by atoms with Crippen molar-refractivity contribution in [3.8, 4) is 5.75 Å². The van der Waals surface area contributed by atoms with Gasteiger partial charge in [0.25, 0.3) is 5.91 Å². The van der Waals surface area contributed by atoms with Gasteiger partial charge in [0.1, 0.15) is 5.75 Å². The van der Waals surface area contributed by atoms with Crippen LogP contribution in [0, 0.1) is 13.8 Å². The van der Waals surface area contributed by atoms with E-state index in [1.165, 1.54) is 14.0 Å². The number of ether oxygens (including phenoxy) is 1. The highest BCUT2D eigenvalue weighted by Gasteiger charge is 2.14. The molecule has 2 rings (SSSR count). The van der Waals surface area contributed by atoms with Gasteiger partial charge in [-0.3, -0.25) is 9.59 Å². The predicted molar refractivity (Wildman–Crippen MR) is 91.2 cm³/mol. The molecule has 0 atom stereocenters. The van der Waals surface area contributed by atoms with E-state index in [1.807, 2.05) is 32.0 Å². The molecule has 2 aromatic carbocycles. The number of aryl methyl sites for hydroxylation is 2. The molecule has 23 heavy (non-hydrogen) atoms. The highest BCUT2D eigenvalue weighted by molar-refractivity contribution is 6.07. The lowest BCUT2D eigenvalue weighted by molar-refractivity contribution is -0.114. The lowest BCUT2D eigenvalue weighted by Crippen LogP contribution is -2.14. The van der Waals surface area contributed by atoms with Crippen LogP contribution in [0.3, 0.4) is 0 Å². The van der Waals surface area contributed by atoms with Crippen LogP contribution in [0.15, 0.2) is 36.4 Å². The Hall–Kier alpha value is -2.82. The SMILES string of the molecule is COc1ccc(NC(C)=O)cc1C(=O)Nc1cc(C)cc(C)c1. The maximum absolute atomic E-state index is 12.6. The van der Waals surface area contributed by atoms with Gasteiger partial charge in [-0.15, -0.1) is 0 Å². The highest BCUT2D eigenvalue weighted by Crippen LogP contribution is 2.24. The van der Waals surface area contributed by atoms with Crippen LogP contribution in [0.5, 0.6) is 5.75 Å². The Bertz CT molecular complexity index is 734. The molecule has 2 N–H and O–H groups in total. The minimum atomic E-state index is -0.293. The van der Waals surface area contributed by atoms with Crippen LogP contribution < -0.4 is 15.4 Å². The summed E-state index contributed by atoms with van der Waals surface area (Å²) in [5.41, 5.74) is 3.76. The third-order valence-corrected chi connectivity index (χ3v) is 3.24. The molecule has 0 heterocycles. The second kappa shape index (κ2) is 6.96. The topological polar surface area (TPSA) is 67.4 Å². The Morgan fingerprint density at radius 2 is 1.57 bits per heavy atom. The van der Waals surface area contributed by atoms with Crippen LogP contribution in [0.2, 0.25) is 0 Å². The number of hydrogen-bond donors (Lipinski definition) is 2. The smallest absolute Gasteiger partial charge is 0.259 e. The van der Waals surface area contributed by atoms with Crippen LogP contribution in [0.1, 0.15) is 28.4 Å². The molecule has 0 aliphatic carbocycles. The number of carbonyl (C=O) groups excluding carboxylic acids is 2. The van der Waals surface area contributed by atoms with Crippen molar-refractivity contribution in [1.82, 2.24) is 0 Å². The van der Waals surface area contributed by atoms with E-state index in [0.717, 1.165) is 16.8 Å². The average molecular weight is 312 g/mol. The number of nitrogens with one attached hydrogen (secondary N) is 2. The average Bonchev–Trinajstić information content (AvgIpc) is 2.45. The summed E-state index contributed by atoms with van der Waals surface area (Å²) in [6.45, 7) is 5.36. The third kappa shape index (κ3) is 4.32. The van der Waals surface area contributed by atoms with Gasteiger partial charge < -0.3 is 15.4 Å². The van der Waals surface area contributed by atoms with Gasteiger partial charge in [0.15, 0.2) is 0 Å². The summed E-state index contributed by atoms with van der Waals surface area (Å²) in [6, 6.07) is 10.8. The monoisotopic (exact) mass is 312 g/mol. The first-order chi connectivity index (χ1) is 10.9. The van der Waals surface area contributed by atoms with Gasteiger partial charge in [-0.1, -0.05) is 6.07 Å². The second-order valence-electron chi connectivity index (χ2n) is 5.43. The molecule has 5 heteroatoms. The number of benzene rings is 2. The molecule has 0 aliphatic rings. The molecule has 120 valence electrons. The van der Waals surface area contributed by atoms with Crippen molar-refractivity contribution >= 4 is 23.2 Å². The van der Waals surface area contributed by atoms with Crippen LogP contribution >= 0.6 is 0 Å². The number of amides is 2. The van der Waals surface area contributed by atoms with Crippen LogP contribution in [0.4, 0.5) is 11.4 Å². The summed E-state index contributed by atoms with van der Waals surface area (Å²) in [5.74, 6) is -0.0455. The second-order valence-corrected chi connectivity index (χ2v) is 5.43. The summed E-state index contributed by atoms with van der Waals surface area (Å²) in [6.07, 6.45) is 0. The first-order valence-electron chi connectivity index (χ1n) is 7.24. The maximum atomic E-state index is 12.6. The fourth-order valence-electron chi connectivity index (χ4n) is 2.41. The number of rotatable bonds is 4. The molecule has 2 aromatic rings. The number of anilines is 2. The van der Waals surface area contributed by atoms with E-state index in [-0.39, 0.29) is 11.8 Å². The van der Waals surface area contributed by atoms with Crippen molar-refractivity contribution in [1.29, 1.82) is 0 Å². The zero-order chi connectivity index (χ0) is 17.0. The number of methoxy groups -OCH3 is 1. The molecule has 0 saturated carbocycles. The summed E-state index contributed by atoms with van der Waals surface area (Å²) in [5, 5.41) is 5.52. The zero-order valence-corrected chi connectivity index (χ0v) is 13.7. The minimum Gasteiger partial charge on any atom is -0.496 e. The number of hydrogen-bond acceptors (Lipinski definition) is 3. The van der Waals surface area contributed by atoms with E-state index in [1.54, 1.807) is 18.2 Å². The Labute approximate surface area is 135 Å². The van der Waals surface area contributed by atoms with Crippen molar-refractivity contribution in [2.75, 3.05) is 17.7 Å². The van der Waals surface area contributed by atoms with E-state index in [2.05, 4.69) is 10.6 Å². The lowest BCUT2D eigenvalue weighted by Gasteiger charge is -2.12. The highest BCUT2D eigenvalue weighted by atomic mass is 16.5. The minimum absolute atomic E-state index is 0.198. The van der Waals surface area contributed by atoms with Gasteiger partial charge in [-0.2, -0.15) is 0 Å². The molecule has 0 fully saturated rings. The summed E-state index contributed by atoms with van der Waals surface area (Å²) in [4.78, 5) is 23.7. The molecule has 5 nitrogen and oxygen atoms in total. The fraction of sp³-hybridized carbons (Fsp3) is 0.222. The zero-order valence-electron chi connectivity index (χ0n) is 13.7. The van der Waals surface area contributed by atoms with Crippen LogP contribution in [-0.2, 0) is 4.79 Å². The normalized spacial score (nSPS) is 10.1. The first kappa shape index (κ1) is 16.5. The van der Waals surface area contributed by atoms with Crippen LogP contribution in [0.25, 0.3) is 0 Å². The molecule has 0 aromatic heterocycles. The molecule has 0 bridgehead atoms. The van der Waals surface area contributed by atoms with Crippen molar-refractivity contribution in [3.63, 3.8) is 0 Å². The Morgan fingerprint density at radius 3 is 2.13 bits per heavy atom. The predicted octanol–water partition coefficient (Wildman–Crippen LogP) is 3.52. The van der Waals surface area contributed by atoms with Gasteiger partial charge in [-0.05, 0) is 55.3 Å². The van der Waals surface area contributed by atoms with Gasteiger partial charge in [-0.25, -0.2) is 0 Å². The summed E-state index contributed by atoms with van der Waals surface area (Å²) < 4.78 is 5.24. The number of carbonyl (C=O) groups is 2. The molecule has 0 aliphatic heterocycles. The third-order valence-electron chi connectivity index (χ3n) is 3.24. The van der Waals surface area contributed by atoms with E-state index in [0.29, 0.717) is 17.0 Å². The summed E-state index contributed by atoms with van der Waals surface area (Å²) >= 11 is 0. The van der Waals surface area contributed by atoms with Gasteiger partial charge in [0, 0.05) is 18.3 Å².